The summed E-state index contributed by atoms with van der Waals surface area (Å²) in [6, 6.07) is 6.89. The number of rotatable bonds is 12. The fourth-order valence-corrected chi connectivity index (χ4v) is 2.42. The van der Waals surface area contributed by atoms with E-state index in [1.165, 1.54) is 32.1 Å². The first-order chi connectivity index (χ1) is 11.2. The molecule has 0 aliphatic heterocycles. The largest absolute Gasteiger partial charge is 0.497 e. The molecule has 0 unspecified atom stereocenters. The topological polar surface area (TPSA) is 55.4 Å². The second-order valence-corrected chi connectivity index (χ2v) is 5.80. The lowest BCUT2D eigenvalue weighted by Crippen LogP contribution is -2.26. The number of hydrogen-bond donors (Lipinski definition) is 1. The Kier molecular flexibility index (Phi) is 9.76. The van der Waals surface area contributed by atoms with E-state index in [1.54, 1.807) is 31.4 Å². The highest BCUT2D eigenvalue weighted by atomic mass is 16.5. The number of methoxy groups -OCH3 is 1. The van der Waals surface area contributed by atoms with Gasteiger partial charge in [0.05, 0.1) is 13.5 Å². The SMILES string of the molecule is CCCCCCCCCNC(=O)CC(=O)c1cccc(OC)c1. The molecule has 0 atom stereocenters. The summed E-state index contributed by atoms with van der Waals surface area (Å²) in [6.07, 6.45) is 8.37. The Balaban J connectivity index is 2.17. The molecule has 1 rings (SSSR count). The summed E-state index contributed by atoms with van der Waals surface area (Å²) in [4.78, 5) is 23.8. The van der Waals surface area contributed by atoms with E-state index in [0.717, 1.165) is 12.8 Å². The molecular formula is C19H29NO3. The van der Waals surface area contributed by atoms with Gasteiger partial charge in [-0.05, 0) is 18.6 Å². The van der Waals surface area contributed by atoms with Gasteiger partial charge in [-0.25, -0.2) is 0 Å². The Morgan fingerprint density at radius 2 is 1.74 bits per heavy atom. The minimum Gasteiger partial charge on any atom is -0.497 e. The molecule has 1 N–H and O–H groups in total. The third-order valence-electron chi connectivity index (χ3n) is 3.82. The average Bonchev–Trinajstić information content (AvgIpc) is 2.57. The van der Waals surface area contributed by atoms with Crippen LogP contribution >= 0.6 is 0 Å². The molecule has 0 heterocycles. The van der Waals surface area contributed by atoms with E-state index in [1.807, 2.05) is 0 Å². The van der Waals surface area contributed by atoms with Crippen LogP contribution in [0.3, 0.4) is 0 Å². The lowest BCUT2D eigenvalue weighted by molar-refractivity contribution is -0.120. The molecule has 128 valence electrons. The molecule has 0 fully saturated rings. The smallest absolute Gasteiger partial charge is 0.227 e. The summed E-state index contributed by atoms with van der Waals surface area (Å²) in [5.41, 5.74) is 0.510. The van der Waals surface area contributed by atoms with E-state index in [0.29, 0.717) is 17.9 Å². The Labute approximate surface area is 139 Å². The number of nitrogens with one attached hydrogen (secondary N) is 1. The maximum absolute atomic E-state index is 12.0. The van der Waals surface area contributed by atoms with Crippen LogP contribution in [-0.2, 0) is 4.79 Å². The normalized spacial score (nSPS) is 10.3. The van der Waals surface area contributed by atoms with Gasteiger partial charge >= 0.3 is 0 Å². The van der Waals surface area contributed by atoms with E-state index in [-0.39, 0.29) is 18.1 Å². The van der Waals surface area contributed by atoms with Gasteiger partial charge in [-0.2, -0.15) is 0 Å². The van der Waals surface area contributed by atoms with Gasteiger partial charge in [-0.15, -0.1) is 0 Å². The molecule has 0 saturated carbocycles. The number of amides is 1. The first kappa shape index (κ1) is 19.2. The van der Waals surface area contributed by atoms with E-state index in [9.17, 15) is 9.59 Å². The van der Waals surface area contributed by atoms with E-state index >= 15 is 0 Å². The third-order valence-corrected chi connectivity index (χ3v) is 3.82. The summed E-state index contributed by atoms with van der Waals surface area (Å²) < 4.78 is 5.08. The second-order valence-electron chi connectivity index (χ2n) is 5.80. The van der Waals surface area contributed by atoms with Crippen molar-refractivity contribution in [1.82, 2.24) is 5.32 Å². The molecule has 23 heavy (non-hydrogen) atoms. The van der Waals surface area contributed by atoms with Crippen molar-refractivity contribution < 1.29 is 14.3 Å². The van der Waals surface area contributed by atoms with Crippen molar-refractivity contribution in [2.24, 2.45) is 0 Å². The number of carbonyl (C=O) groups is 2. The highest BCUT2D eigenvalue weighted by Gasteiger charge is 2.12. The zero-order valence-electron chi connectivity index (χ0n) is 14.4. The van der Waals surface area contributed by atoms with E-state index in [2.05, 4.69) is 12.2 Å². The Morgan fingerprint density at radius 1 is 1.04 bits per heavy atom. The van der Waals surface area contributed by atoms with Crippen LogP contribution in [-0.4, -0.2) is 25.3 Å². The minimum atomic E-state index is -0.205. The van der Waals surface area contributed by atoms with E-state index < -0.39 is 0 Å². The summed E-state index contributed by atoms with van der Waals surface area (Å²) in [5, 5.41) is 2.82. The molecule has 1 amide bonds. The number of Topliss-reactive ketones (excluding diaryl/α,β-unsaturated/α-hetero) is 1. The first-order valence-corrected chi connectivity index (χ1v) is 8.61. The predicted octanol–water partition coefficient (Wildman–Crippen LogP) is 4.13. The number of hydrogen-bond acceptors (Lipinski definition) is 3. The van der Waals surface area contributed by atoms with Gasteiger partial charge in [-0.3, -0.25) is 9.59 Å². The molecule has 0 aliphatic rings. The van der Waals surface area contributed by atoms with Gasteiger partial charge in [-0.1, -0.05) is 57.6 Å². The number of benzene rings is 1. The zero-order chi connectivity index (χ0) is 16.9. The minimum absolute atomic E-state index is 0.107. The monoisotopic (exact) mass is 319 g/mol. The Hall–Kier alpha value is -1.84. The average molecular weight is 319 g/mol. The summed E-state index contributed by atoms with van der Waals surface area (Å²) in [5.74, 6) is 0.240. The number of ketones is 1. The van der Waals surface area contributed by atoms with Crippen LogP contribution < -0.4 is 10.1 Å². The molecule has 4 heteroatoms. The van der Waals surface area contributed by atoms with Crippen molar-refractivity contribution in [1.29, 1.82) is 0 Å². The third kappa shape index (κ3) is 8.38. The summed E-state index contributed by atoms with van der Waals surface area (Å²) in [7, 11) is 1.55. The van der Waals surface area contributed by atoms with Crippen molar-refractivity contribution in [2.45, 2.75) is 58.3 Å². The highest BCUT2D eigenvalue weighted by molar-refractivity contribution is 6.07. The standard InChI is InChI=1S/C19H29NO3/c1-3-4-5-6-7-8-9-13-20-19(22)15-18(21)16-11-10-12-17(14-16)23-2/h10-12,14H,3-9,13,15H2,1-2H3,(H,20,22). The van der Waals surface area contributed by atoms with Crippen LogP contribution in [0, 0.1) is 0 Å². The fraction of sp³-hybridized carbons (Fsp3) is 0.579. The Bertz CT molecular complexity index is 485. The Morgan fingerprint density at radius 3 is 2.43 bits per heavy atom. The van der Waals surface area contributed by atoms with E-state index in [4.69, 9.17) is 4.74 Å². The molecule has 4 nitrogen and oxygen atoms in total. The van der Waals surface area contributed by atoms with Crippen molar-refractivity contribution >= 4 is 11.7 Å². The van der Waals surface area contributed by atoms with Crippen LogP contribution in [0.4, 0.5) is 0 Å². The van der Waals surface area contributed by atoms with Crippen molar-refractivity contribution in [3.8, 4) is 5.75 Å². The molecule has 1 aromatic carbocycles. The quantitative estimate of drug-likeness (QED) is 0.358. The van der Waals surface area contributed by atoms with Crippen LogP contribution in [0.5, 0.6) is 5.75 Å². The van der Waals surface area contributed by atoms with Gasteiger partial charge < -0.3 is 10.1 Å². The second kappa shape index (κ2) is 11.7. The maximum atomic E-state index is 12.0. The first-order valence-electron chi connectivity index (χ1n) is 8.61. The van der Waals surface area contributed by atoms with Gasteiger partial charge in [0.1, 0.15) is 5.75 Å². The van der Waals surface area contributed by atoms with Crippen molar-refractivity contribution in [2.75, 3.05) is 13.7 Å². The molecular weight excluding hydrogens is 290 g/mol. The van der Waals surface area contributed by atoms with Gasteiger partial charge in [0, 0.05) is 12.1 Å². The molecule has 1 aromatic rings. The fourth-order valence-electron chi connectivity index (χ4n) is 2.42. The molecule has 0 saturated heterocycles. The van der Waals surface area contributed by atoms with Gasteiger partial charge in [0.15, 0.2) is 5.78 Å². The maximum Gasteiger partial charge on any atom is 0.227 e. The van der Waals surface area contributed by atoms with Crippen molar-refractivity contribution in [3.05, 3.63) is 29.8 Å². The lowest BCUT2D eigenvalue weighted by atomic mass is 10.1. The predicted molar refractivity (Wildman–Crippen MR) is 92.9 cm³/mol. The number of carbonyl (C=O) groups excluding carboxylic acids is 2. The summed E-state index contributed by atoms with van der Waals surface area (Å²) >= 11 is 0. The van der Waals surface area contributed by atoms with Crippen LogP contribution in [0.1, 0.15) is 68.6 Å². The number of ether oxygens (including phenoxy) is 1. The summed E-state index contributed by atoms with van der Waals surface area (Å²) in [6.45, 7) is 2.86. The molecule has 0 aliphatic carbocycles. The van der Waals surface area contributed by atoms with Crippen LogP contribution in [0.25, 0.3) is 0 Å². The van der Waals surface area contributed by atoms with Crippen LogP contribution in [0.15, 0.2) is 24.3 Å². The molecule has 0 spiro atoms. The highest BCUT2D eigenvalue weighted by Crippen LogP contribution is 2.14. The molecule has 0 aromatic heterocycles. The lowest BCUT2D eigenvalue weighted by Gasteiger charge is -2.06. The van der Waals surface area contributed by atoms with Crippen molar-refractivity contribution in [3.63, 3.8) is 0 Å². The van der Waals surface area contributed by atoms with Gasteiger partial charge in [0.25, 0.3) is 0 Å². The van der Waals surface area contributed by atoms with Crippen LogP contribution in [0.2, 0.25) is 0 Å². The van der Waals surface area contributed by atoms with Gasteiger partial charge in [0.2, 0.25) is 5.91 Å². The zero-order valence-corrected chi connectivity index (χ0v) is 14.4. The molecule has 0 bridgehead atoms. The number of unbranched alkanes of at least 4 members (excludes halogenated alkanes) is 6. The molecule has 0 radical (unpaired) electrons.